The van der Waals surface area contributed by atoms with Gasteiger partial charge in [-0.3, -0.25) is 4.79 Å². The fraction of sp³-hybridized carbons (Fsp3) is 0.259. The van der Waals surface area contributed by atoms with E-state index in [2.05, 4.69) is 59.1 Å². The molecule has 5 heteroatoms. The Morgan fingerprint density at radius 3 is 2.59 bits per heavy atom. The molecule has 32 heavy (non-hydrogen) atoms. The van der Waals surface area contributed by atoms with E-state index in [4.69, 9.17) is 9.72 Å². The van der Waals surface area contributed by atoms with Crippen molar-refractivity contribution in [1.82, 2.24) is 9.97 Å². The van der Waals surface area contributed by atoms with E-state index in [1.807, 2.05) is 24.3 Å². The van der Waals surface area contributed by atoms with Gasteiger partial charge in [0.25, 0.3) is 0 Å². The van der Waals surface area contributed by atoms with Gasteiger partial charge in [-0.25, -0.2) is 4.98 Å². The summed E-state index contributed by atoms with van der Waals surface area (Å²) in [7, 11) is 1.42. The summed E-state index contributed by atoms with van der Waals surface area (Å²) in [6, 6.07) is 22.8. The predicted molar refractivity (Wildman–Crippen MR) is 128 cm³/mol. The van der Waals surface area contributed by atoms with Crippen molar-refractivity contribution in [2.75, 3.05) is 13.7 Å². The van der Waals surface area contributed by atoms with Gasteiger partial charge in [0.1, 0.15) is 11.6 Å². The summed E-state index contributed by atoms with van der Waals surface area (Å²) in [5.74, 6) is 1.50. The summed E-state index contributed by atoms with van der Waals surface area (Å²) < 4.78 is 10.6. The molecule has 4 rings (SSSR count). The second-order valence-corrected chi connectivity index (χ2v) is 7.91. The van der Waals surface area contributed by atoms with E-state index in [1.54, 1.807) is 0 Å². The maximum atomic E-state index is 11.1. The lowest BCUT2D eigenvalue weighted by atomic mass is 9.98. The lowest BCUT2D eigenvalue weighted by molar-refractivity contribution is -0.140. The summed E-state index contributed by atoms with van der Waals surface area (Å²) in [4.78, 5) is 19.4. The van der Waals surface area contributed by atoms with Gasteiger partial charge in [0.2, 0.25) is 0 Å². The Labute approximate surface area is 188 Å². The van der Waals surface area contributed by atoms with Gasteiger partial charge >= 0.3 is 5.97 Å². The molecule has 0 amide bonds. The fourth-order valence-corrected chi connectivity index (χ4v) is 3.80. The number of aryl methyl sites for hydroxylation is 1. The van der Waals surface area contributed by atoms with E-state index in [0.717, 1.165) is 53.0 Å². The number of nitrogens with one attached hydrogen (secondary N) is 1. The van der Waals surface area contributed by atoms with Gasteiger partial charge < -0.3 is 14.5 Å². The van der Waals surface area contributed by atoms with Crippen LogP contribution in [-0.2, 0) is 9.53 Å². The van der Waals surface area contributed by atoms with E-state index < -0.39 is 0 Å². The van der Waals surface area contributed by atoms with Crippen molar-refractivity contribution in [2.24, 2.45) is 0 Å². The minimum absolute atomic E-state index is 0.157. The maximum absolute atomic E-state index is 11.1. The van der Waals surface area contributed by atoms with Crippen molar-refractivity contribution >= 4 is 17.0 Å². The first-order chi connectivity index (χ1) is 15.6. The second-order valence-electron chi connectivity index (χ2n) is 7.91. The fourth-order valence-electron chi connectivity index (χ4n) is 3.80. The smallest absolute Gasteiger partial charge is 0.305 e. The number of carbonyl (C=O) groups excluding carboxylic acids is 1. The number of hydrogen-bond donors (Lipinski definition) is 1. The summed E-state index contributed by atoms with van der Waals surface area (Å²) in [5, 5.41) is 0. The zero-order chi connectivity index (χ0) is 22.3. The first-order valence-electron chi connectivity index (χ1n) is 11.0. The van der Waals surface area contributed by atoms with Gasteiger partial charge in [0.05, 0.1) is 24.8 Å². The number of aromatic nitrogens is 2. The number of imidazole rings is 1. The Bertz CT molecular complexity index is 1210. The highest BCUT2D eigenvalue weighted by molar-refractivity contribution is 5.86. The number of methoxy groups -OCH3 is 1. The van der Waals surface area contributed by atoms with Crippen molar-refractivity contribution in [2.45, 2.75) is 32.6 Å². The molecule has 0 aliphatic carbocycles. The molecule has 0 bridgehead atoms. The van der Waals surface area contributed by atoms with Crippen LogP contribution in [-0.4, -0.2) is 29.7 Å². The van der Waals surface area contributed by atoms with Crippen molar-refractivity contribution in [3.05, 3.63) is 72.3 Å². The monoisotopic (exact) mass is 428 g/mol. The molecule has 0 aliphatic heterocycles. The molecule has 0 aliphatic rings. The van der Waals surface area contributed by atoms with Crippen LogP contribution in [0.25, 0.3) is 33.5 Å². The molecular formula is C27H28N2O3. The van der Waals surface area contributed by atoms with Crippen LogP contribution in [0.4, 0.5) is 0 Å². The average Bonchev–Trinajstić information content (AvgIpc) is 3.24. The number of H-pyrrole nitrogens is 1. The normalized spacial score (nSPS) is 10.9. The van der Waals surface area contributed by atoms with E-state index in [0.29, 0.717) is 13.0 Å². The first-order valence-corrected chi connectivity index (χ1v) is 11.0. The third kappa shape index (κ3) is 5.17. The molecule has 0 fully saturated rings. The number of esters is 1. The van der Waals surface area contributed by atoms with Crippen LogP contribution in [0.2, 0.25) is 0 Å². The van der Waals surface area contributed by atoms with Crippen LogP contribution >= 0.6 is 0 Å². The van der Waals surface area contributed by atoms with Gasteiger partial charge in [-0.1, -0.05) is 54.1 Å². The van der Waals surface area contributed by atoms with Gasteiger partial charge in [0, 0.05) is 18.1 Å². The molecule has 3 aromatic carbocycles. The Morgan fingerprint density at radius 1 is 0.938 bits per heavy atom. The van der Waals surface area contributed by atoms with Crippen LogP contribution in [0.5, 0.6) is 5.75 Å². The molecule has 0 radical (unpaired) electrons. The molecule has 0 saturated heterocycles. The van der Waals surface area contributed by atoms with E-state index in [1.165, 1.54) is 18.2 Å². The number of fused-ring (bicyclic) bond motifs is 1. The highest BCUT2D eigenvalue weighted by atomic mass is 16.5. The van der Waals surface area contributed by atoms with E-state index >= 15 is 0 Å². The lowest BCUT2D eigenvalue weighted by Gasteiger charge is -2.08. The molecule has 4 aromatic rings. The topological polar surface area (TPSA) is 64.2 Å². The van der Waals surface area contributed by atoms with Gasteiger partial charge in [-0.05, 0) is 49.4 Å². The highest BCUT2D eigenvalue weighted by Gasteiger charge is 2.12. The van der Waals surface area contributed by atoms with Crippen molar-refractivity contribution < 1.29 is 14.3 Å². The number of aromatic amines is 1. The number of unbranched alkanes of at least 4 members (excludes halogenated alkanes) is 2. The predicted octanol–water partition coefficient (Wildman–Crippen LogP) is 6.32. The van der Waals surface area contributed by atoms with Gasteiger partial charge in [0.15, 0.2) is 0 Å². The molecule has 0 saturated carbocycles. The van der Waals surface area contributed by atoms with Crippen molar-refractivity contribution in [1.29, 1.82) is 0 Å². The minimum Gasteiger partial charge on any atom is -0.494 e. The highest BCUT2D eigenvalue weighted by Crippen LogP contribution is 2.32. The SMILES string of the molecule is COC(=O)CCCCCOc1ccc2nc(-c3ccccc3-c3cccc(C)c3)[nH]c2c1. The quantitative estimate of drug-likeness (QED) is 0.250. The number of benzene rings is 3. The molecule has 1 heterocycles. The first kappa shape index (κ1) is 21.6. The number of carbonyl (C=O) groups is 1. The lowest BCUT2D eigenvalue weighted by Crippen LogP contribution is -2.01. The summed E-state index contributed by atoms with van der Waals surface area (Å²) in [6.45, 7) is 2.72. The van der Waals surface area contributed by atoms with Gasteiger partial charge in [-0.15, -0.1) is 0 Å². The third-order valence-corrected chi connectivity index (χ3v) is 5.49. The summed E-state index contributed by atoms with van der Waals surface area (Å²) in [5.41, 5.74) is 6.49. The molecular weight excluding hydrogens is 400 g/mol. The number of nitrogens with zero attached hydrogens (tertiary/aromatic N) is 1. The summed E-state index contributed by atoms with van der Waals surface area (Å²) >= 11 is 0. The number of ether oxygens (including phenoxy) is 2. The van der Waals surface area contributed by atoms with Crippen LogP contribution in [0, 0.1) is 6.92 Å². The zero-order valence-electron chi connectivity index (χ0n) is 18.6. The largest absolute Gasteiger partial charge is 0.494 e. The molecule has 5 nitrogen and oxygen atoms in total. The molecule has 1 aromatic heterocycles. The Balaban J connectivity index is 1.47. The van der Waals surface area contributed by atoms with Gasteiger partial charge in [-0.2, -0.15) is 0 Å². The Morgan fingerprint density at radius 2 is 1.78 bits per heavy atom. The second kappa shape index (κ2) is 10.1. The van der Waals surface area contributed by atoms with Crippen LogP contribution in [0.3, 0.4) is 0 Å². The molecule has 0 unspecified atom stereocenters. The maximum Gasteiger partial charge on any atom is 0.305 e. The summed E-state index contributed by atoms with van der Waals surface area (Å²) in [6.07, 6.45) is 3.11. The zero-order valence-corrected chi connectivity index (χ0v) is 18.6. The van der Waals surface area contributed by atoms with Crippen molar-refractivity contribution in [3.8, 4) is 28.3 Å². The van der Waals surface area contributed by atoms with E-state index in [-0.39, 0.29) is 5.97 Å². The van der Waals surface area contributed by atoms with Crippen LogP contribution in [0.1, 0.15) is 31.2 Å². The molecule has 0 atom stereocenters. The third-order valence-electron chi connectivity index (χ3n) is 5.49. The Hall–Kier alpha value is -3.60. The molecule has 164 valence electrons. The standard InChI is InChI=1S/C27H28N2O3/c1-19-9-8-10-20(17-19)22-11-5-6-12-23(22)27-28-24-15-14-21(18-25(24)29-27)32-16-7-3-4-13-26(30)31-2/h5-6,8-12,14-15,17-18H,3-4,7,13,16H2,1-2H3,(H,28,29). The number of rotatable bonds is 9. The minimum atomic E-state index is -0.157. The average molecular weight is 429 g/mol. The van der Waals surface area contributed by atoms with E-state index in [9.17, 15) is 4.79 Å². The van der Waals surface area contributed by atoms with Crippen LogP contribution in [0.15, 0.2) is 66.7 Å². The Kier molecular flexibility index (Phi) is 6.85. The van der Waals surface area contributed by atoms with Crippen molar-refractivity contribution in [3.63, 3.8) is 0 Å². The number of hydrogen-bond acceptors (Lipinski definition) is 4. The molecule has 0 spiro atoms. The molecule has 1 N–H and O–H groups in total. The van der Waals surface area contributed by atoms with Crippen LogP contribution < -0.4 is 4.74 Å².